The summed E-state index contributed by atoms with van der Waals surface area (Å²) in [4.78, 5) is 14.7. The lowest BCUT2D eigenvalue weighted by Crippen LogP contribution is -2.40. The van der Waals surface area contributed by atoms with Crippen molar-refractivity contribution in [3.63, 3.8) is 0 Å². The Labute approximate surface area is 196 Å². The molecule has 178 valence electrons. The fraction of sp³-hybridized carbons (Fsp3) is 0.269. The van der Waals surface area contributed by atoms with Crippen LogP contribution in [0.15, 0.2) is 66.7 Å². The van der Waals surface area contributed by atoms with E-state index in [0.29, 0.717) is 30.2 Å². The van der Waals surface area contributed by atoms with Gasteiger partial charge in [0.2, 0.25) is 5.91 Å². The van der Waals surface area contributed by atoms with Gasteiger partial charge >= 0.3 is 0 Å². The number of rotatable bonds is 9. The van der Waals surface area contributed by atoms with Crippen LogP contribution in [-0.2, 0) is 16.0 Å². The first-order valence-corrected chi connectivity index (χ1v) is 11.1. The predicted molar refractivity (Wildman–Crippen MR) is 122 cm³/mol. The van der Waals surface area contributed by atoms with Crippen molar-refractivity contribution < 1.29 is 27.4 Å². The Morgan fingerprint density at radius 3 is 2.26 bits per heavy atom. The summed E-state index contributed by atoms with van der Waals surface area (Å²) in [5.74, 6) is -0.583. The second kappa shape index (κ2) is 11.2. The van der Waals surface area contributed by atoms with Crippen LogP contribution >= 0.6 is 0 Å². The average Bonchev–Trinajstić information content (AvgIpc) is 3.30. The van der Waals surface area contributed by atoms with Crippen LogP contribution in [-0.4, -0.2) is 36.7 Å². The van der Waals surface area contributed by atoms with Gasteiger partial charge in [-0.15, -0.1) is 0 Å². The molecule has 1 aliphatic heterocycles. The van der Waals surface area contributed by atoms with Crippen molar-refractivity contribution in [2.75, 3.05) is 25.2 Å². The number of hydrogen-bond acceptors (Lipinski definition) is 4. The van der Waals surface area contributed by atoms with Crippen LogP contribution in [0.5, 0.6) is 11.5 Å². The highest BCUT2D eigenvalue weighted by Gasteiger charge is 2.30. The van der Waals surface area contributed by atoms with Crippen molar-refractivity contribution in [2.45, 2.75) is 25.3 Å². The van der Waals surface area contributed by atoms with Gasteiger partial charge < -0.3 is 14.8 Å². The molecule has 0 aromatic heterocycles. The third-order valence-corrected chi connectivity index (χ3v) is 5.65. The Kier molecular flexibility index (Phi) is 7.82. The van der Waals surface area contributed by atoms with Crippen LogP contribution in [0.4, 0.5) is 18.9 Å². The zero-order valence-electron chi connectivity index (χ0n) is 18.5. The molecule has 4 rings (SSSR count). The molecule has 1 N–H and O–H groups in total. The van der Waals surface area contributed by atoms with Gasteiger partial charge in [0.25, 0.3) is 0 Å². The molecule has 3 aromatic carbocycles. The van der Waals surface area contributed by atoms with Gasteiger partial charge in [0, 0.05) is 24.2 Å². The second-order valence-electron chi connectivity index (χ2n) is 8.03. The fourth-order valence-electron chi connectivity index (χ4n) is 3.88. The zero-order chi connectivity index (χ0) is 23.9. The molecule has 1 atom stereocenters. The lowest BCUT2D eigenvalue weighted by molar-refractivity contribution is -0.122. The maximum atomic E-state index is 13.7. The van der Waals surface area contributed by atoms with E-state index in [1.807, 2.05) is 4.90 Å². The highest BCUT2D eigenvalue weighted by Crippen LogP contribution is 2.24. The van der Waals surface area contributed by atoms with Crippen LogP contribution < -0.4 is 10.1 Å². The number of amides is 1. The molecule has 0 radical (unpaired) electrons. The third-order valence-electron chi connectivity index (χ3n) is 5.65. The first-order chi connectivity index (χ1) is 16.5. The molecular formula is C26H25F3N2O3. The number of carbonyl (C=O) groups excluding carboxylic acids is 1. The summed E-state index contributed by atoms with van der Waals surface area (Å²) in [7, 11) is 0. The topological polar surface area (TPSA) is 50.8 Å². The standard InChI is InChI=1S/C26H25F3N2O3/c27-18-6-10-20(11-7-18)34-21-12-8-19(9-13-21)30-26(32)25-5-2-15-31(25)17-33-16-14-22-23(28)3-1-4-24(22)29/h1,3-4,6-13,25H,2,5,14-17H2,(H,30,32)/t25-/m0/s1. The summed E-state index contributed by atoms with van der Waals surface area (Å²) in [6.07, 6.45) is 1.67. The Morgan fingerprint density at radius 1 is 0.941 bits per heavy atom. The largest absolute Gasteiger partial charge is 0.457 e. The second-order valence-corrected chi connectivity index (χ2v) is 8.03. The van der Waals surface area contributed by atoms with Crippen LogP contribution in [0.1, 0.15) is 18.4 Å². The highest BCUT2D eigenvalue weighted by atomic mass is 19.1. The lowest BCUT2D eigenvalue weighted by Gasteiger charge is -2.23. The molecule has 1 fully saturated rings. The molecule has 0 saturated carbocycles. The number of ether oxygens (including phenoxy) is 2. The normalized spacial score (nSPS) is 15.9. The summed E-state index contributed by atoms with van der Waals surface area (Å²) < 4.78 is 51.7. The number of hydrogen-bond donors (Lipinski definition) is 1. The smallest absolute Gasteiger partial charge is 0.241 e. The van der Waals surface area contributed by atoms with E-state index < -0.39 is 11.6 Å². The molecule has 1 heterocycles. The van der Waals surface area contributed by atoms with E-state index >= 15 is 0 Å². The van der Waals surface area contributed by atoms with Crippen molar-refractivity contribution in [3.05, 3.63) is 89.7 Å². The number of halogens is 3. The zero-order valence-corrected chi connectivity index (χ0v) is 18.5. The molecule has 1 aliphatic rings. The van der Waals surface area contributed by atoms with Gasteiger partial charge in [-0.1, -0.05) is 6.07 Å². The van der Waals surface area contributed by atoms with E-state index in [1.54, 1.807) is 24.3 Å². The van der Waals surface area contributed by atoms with Gasteiger partial charge in [0.15, 0.2) is 0 Å². The number of benzene rings is 3. The minimum atomic E-state index is -0.587. The van der Waals surface area contributed by atoms with Crippen molar-refractivity contribution in [2.24, 2.45) is 0 Å². The summed E-state index contributed by atoms with van der Waals surface area (Å²) >= 11 is 0. The number of carbonyl (C=O) groups is 1. The Bertz CT molecular complexity index is 1090. The van der Waals surface area contributed by atoms with Crippen molar-refractivity contribution in [3.8, 4) is 11.5 Å². The molecule has 1 saturated heterocycles. The van der Waals surface area contributed by atoms with E-state index in [9.17, 15) is 18.0 Å². The van der Waals surface area contributed by atoms with E-state index in [-0.39, 0.29) is 43.1 Å². The Morgan fingerprint density at radius 2 is 1.59 bits per heavy atom. The quantitative estimate of drug-likeness (QED) is 0.419. The molecule has 8 heteroatoms. The molecule has 34 heavy (non-hydrogen) atoms. The molecule has 0 bridgehead atoms. The van der Waals surface area contributed by atoms with Crippen molar-refractivity contribution in [1.29, 1.82) is 0 Å². The van der Waals surface area contributed by atoms with E-state index in [0.717, 1.165) is 6.42 Å². The van der Waals surface area contributed by atoms with Gasteiger partial charge in [0.1, 0.15) is 29.0 Å². The first kappa shape index (κ1) is 23.8. The Balaban J connectivity index is 1.25. The lowest BCUT2D eigenvalue weighted by atomic mass is 10.1. The molecule has 0 aliphatic carbocycles. The van der Waals surface area contributed by atoms with Gasteiger partial charge in [0.05, 0.1) is 19.4 Å². The maximum absolute atomic E-state index is 13.7. The molecule has 3 aromatic rings. The third kappa shape index (κ3) is 6.15. The highest BCUT2D eigenvalue weighted by molar-refractivity contribution is 5.95. The monoisotopic (exact) mass is 470 g/mol. The average molecular weight is 470 g/mol. The Hall–Kier alpha value is -3.36. The molecule has 5 nitrogen and oxygen atoms in total. The minimum absolute atomic E-state index is 0.00469. The van der Waals surface area contributed by atoms with Gasteiger partial charge in [-0.05, 0) is 73.5 Å². The van der Waals surface area contributed by atoms with Crippen LogP contribution in [0.2, 0.25) is 0 Å². The van der Waals surface area contributed by atoms with E-state index in [4.69, 9.17) is 9.47 Å². The SMILES string of the molecule is O=C(Nc1ccc(Oc2ccc(F)cc2)cc1)[C@@H]1CCCN1COCCc1c(F)cccc1F. The summed E-state index contributed by atoms with van der Waals surface area (Å²) in [5, 5.41) is 2.90. The minimum Gasteiger partial charge on any atom is -0.457 e. The van der Waals surface area contributed by atoms with Crippen LogP contribution in [0.25, 0.3) is 0 Å². The van der Waals surface area contributed by atoms with E-state index in [2.05, 4.69) is 5.32 Å². The predicted octanol–water partition coefficient (Wildman–Crippen LogP) is 5.52. The van der Waals surface area contributed by atoms with Gasteiger partial charge in [-0.3, -0.25) is 9.69 Å². The molecular weight excluding hydrogens is 445 g/mol. The number of anilines is 1. The maximum Gasteiger partial charge on any atom is 0.241 e. The van der Waals surface area contributed by atoms with Crippen LogP contribution in [0.3, 0.4) is 0 Å². The summed E-state index contributed by atoms with van der Waals surface area (Å²) in [6, 6.07) is 16.0. The van der Waals surface area contributed by atoms with Crippen molar-refractivity contribution in [1.82, 2.24) is 4.90 Å². The van der Waals surface area contributed by atoms with Gasteiger partial charge in [-0.25, -0.2) is 13.2 Å². The van der Waals surface area contributed by atoms with E-state index in [1.165, 1.54) is 42.5 Å². The number of nitrogens with zero attached hydrogens (tertiary/aromatic N) is 1. The number of nitrogens with one attached hydrogen (secondary N) is 1. The molecule has 1 amide bonds. The summed E-state index contributed by atoms with van der Waals surface area (Å²) in [6.45, 7) is 1.06. The van der Waals surface area contributed by atoms with Crippen LogP contribution in [0, 0.1) is 17.5 Å². The van der Waals surface area contributed by atoms with Gasteiger partial charge in [-0.2, -0.15) is 0 Å². The molecule has 0 unspecified atom stereocenters. The molecule has 0 spiro atoms. The fourth-order valence-corrected chi connectivity index (χ4v) is 3.88. The first-order valence-electron chi connectivity index (χ1n) is 11.1. The summed E-state index contributed by atoms with van der Waals surface area (Å²) in [5.41, 5.74) is 0.629. The van der Waals surface area contributed by atoms with Crippen molar-refractivity contribution >= 4 is 11.6 Å². The number of likely N-dealkylation sites (tertiary alicyclic amines) is 1.